The van der Waals surface area contributed by atoms with Crippen LogP contribution in [0.4, 0.5) is 8.78 Å². The highest BCUT2D eigenvalue weighted by atomic mass is 32.1. The third-order valence-electron chi connectivity index (χ3n) is 1.81. The smallest absolute Gasteiger partial charge is 0.141 e. The molecule has 0 aliphatic carbocycles. The average Bonchev–Trinajstić information content (AvgIpc) is 2.35. The van der Waals surface area contributed by atoms with E-state index in [9.17, 15) is 8.78 Å². The Kier molecular flexibility index (Phi) is 1.61. The Hall–Kier alpha value is -0.960. The molecule has 62 valence electrons. The predicted octanol–water partition coefficient (Wildman–Crippen LogP) is 3.49. The van der Waals surface area contributed by atoms with Crippen LogP contribution in [-0.4, -0.2) is 0 Å². The van der Waals surface area contributed by atoms with Crippen LogP contribution in [-0.2, 0) is 0 Å². The van der Waals surface area contributed by atoms with E-state index in [2.05, 4.69) is 0 Å². The predicted molar refractivity (Wildman–Crippen MR) is 46.5 cm³/mol. The molecule has 0 N–H and O–H groups in total. The zero-order valence-electron chi connectivity index (χ0n) is 6.40. The molecule has 0 unspecified atom stereocenters. The van der Waals surface area contributed by atoms with E-state index in [0.29, 0.717) is 10.9 Å². The first-order valence-electron chi connectivity index (χ1n) is 3.51. The summed E-state index contributed by atoms with van der Waals surface area (Å²) in [6, 6.07) is 2.91. The lowest BCUT2D eigenvalue weighted by Gasteiger charge is -1.95. The lowest BCUT2D eigenvalue weighted by molar-refractivity contribution is 0.616. The van der Waals surface area contributed by atoms with Crippen molar-refractivity contribution >= 4 is 21.4 Å². The fourth-order valence-electron chi connectivity index (χ4n) is 1.12. The molecule has 1 aromatic carbocycles. The van der Waals surface area contributed by atoms with Gasteiger partial charge in [-0.25, -0.2) is 8.78 Å². The summed E-state index contributed by atoms with van der Waals surface area (Å²) >= 11 is 1.30. The van der Waals surface area contributed by atoms with E-state index in [1.807, 2.05) is 0 Å². The van der Waals surface area contributed by atoms with Gasteiger partial charge in [0.1, 0.15) is 11.6 Å². The van der Waals surface area contributed by atoms with Gasteiger partial charge in [-0.15, -0.1) is 11.3 Å². The summed E-state index contributed by atoms with van der Waals surface area (Å²) in [5, 5.41) is 1.77. The minimum absolute atomic E-state index is 0.339. The molecule has 1 heterocycles. The van der Waals surface area contributed by atoms with Gasteiger partial charge in [0.05, 0.1) is 0 Å². The number of fused-ring (bicyclic) bond motifs is 1. The number of aryl methyl sites for hydroxylation is 1. The second-order valence-corrected chi connectivity index (χ2v) is 3.59. The maximum Gasteiger partial charge on any atom is 0.141 e. The van der Waals surface area contributed by atoms with Crippen molar-refractivity contribution in [3.05, 3.63) is 34.7 Å². The molecular weight excluding hydrogens is 178 g/mol. The Labute approximate surface area is 72.4 Å². The summed E-state index contributed by atoms with van der Waals surface area (Å²) in [7, 11) is 0. The molecule has 3 heteroatoms. The number of hydrogen-bond donors (Lipinski definition) is 0. The van der Waals surface area contributed by atoms with E-state index in [4.69, 9.17) is 0 Å². The Morgan fingerprint density at radius 1 is 1.17 bits per heavy atom. The second-order valence-electron chi connectivity index (χ2n) is 2.68. The molecule has 2 aromatic rings. The van der Waals surface area contributed by atoms with Crippen molar-refractivity contribution in [3.8, 4) is 0 Å². The van der Waals surface area contributed by atoms with E-state index in [0.717, 1.165) is 4.70 Å². The van der Waals surface area contributed by atoms with E-state index in [-0.39, 0.29) is 11.6 Å². The maximum absolute atomic E-state index is 12.9. The second kappa shape index (κ2) is 2.52. The summed E-state index contributed by atoms with van der Waals surface area (Å²) in [6.45, 7) is 1.67. The first-order valence-corrected chi connectivity index (χ1v) is 4.39. The van der Waals surface area contributed by atoms with Gasteiger partial charge in [0.25, 0.3) is 0 Å². The van der Waals surface area contributed by atoms with Crippen molar-refractivity contribution in [2.75, 3.05) is 0 Å². The Balaban J connectivity index is 2.87. The minimum Gasteiger partial charge on any atom is -0.207 e. The summed E-state index contributed by atoms with van der Waals surface area (Å²) in [5.74, 6) is -0.686. The molecule has 0 aliphatic rings. The van der Waals surface area contributed by atoms with Crippen LogP contribution in [0.2, 0.25) is 0 Å². The fraction of sp³-hybridized carbons (Fsp3) is 0.111. The molecule has 1 aromatic heterocycles. The van der Waals surface area contributed by atoms with Gasteiger partial charge in [-0.1, -0.05) is 0 Å². The number of hydrogen-bond acceptors (Lipinski definition) is 1. The quantitative estimate of drug-likeness (QED) is 0.588. The third-order valence-corrected chi connectivity index (χ3v) is 2.72. The normalized spacial score (nSPS) is 10.9. The molecule has 0 saturated heterocycles. The molecule has 12 heavy (non-hydrogen) atoms. The van der Waals surface area contributed by atoms with E-state index in [1.54, 1.807) is 13.0 Å². The third kappa shape index (κ3) is 1.01. The highest BCUT2D eigenvalue weighted by Gasteiger charge is 2.06. The SMILES string of the molecule is Cc1cc2scc(F)c2cc1F. The summed E-state index contributed by atoms with van der Waals surface area (Å²) in [4.78, 5) is 0. The van der Waals surface area contributed by atoms with Crippen molar-refractivity contribution in [3.63, 3.8) is 0 Å². The minimum atomic E-state index is -0.347. The highest BCUT2D eigenvalue weighted by Crippen LogP contribution is 2.26. The average molecular weight is 184 g/mol. The Bertz CT molecular complexity index is 431. The van der Waals surface area contributed by atoms with Gasteiger partial charge in [-0.2, -0.15) is 0 Å². The van der Waals surface area contributed by atoms with Crippen LogP contribution < -0.4 is 0 Å². The summed E-state index contributed by atoms with van der Waals surface area (Å²) in [5.41, 5.74) is 0.560. The van der Waals surface area contributed by atoms with Gasteiger partial charge in [-0.3, -0.25) is 0 Å². The van der Waals surface area contributed by atoms with Crippen molar-refractivity contribution in [2.24, 2.45) is 0 Å². The molecule has 0 bridgehead atoms. The van der Waals surface area contributed by atoms with Crippen molar-refractivity contribution in [2.45, 2.75) is 6.92 Å². The van der Waals surface area contributed by atoms with E-state index >= 15 is 0 Å². The molecule has 0 amide bonds. The largest absolute Gasteiger partial charge is 0.207 e. The fourth-order valence-corrected chi connectivity index (χ4v) is 2.00. The van der Waals surface area contributed by atoms with Crippen molar-refractivity contribution < 1.29 is 8.78 Å². The number of thiophene rings is 1. The molecular formula is C9H6F2S. The summed E-state index contributed by atoms with van der Waals surface area (Å²) < 4.78 is 26.6. The van der Waals surface area contributed by atoms with Crippen LogP contribution >= 0.6 is 11.3 Å². The first-order chi connectivity index (χ1) is 5.68. The van der Waals surface area contributed by atoms with Gasteiger partial charge in [-0.05, 0) is 24.6 Å². The Morgan fingerprint density at radius 3 is 2.67 bits per heavy atom. The van der Waals surface area contributed by atoms with Gasteiger partial charge >= 0.3 is 0 Å². The van der Waals surface area contributed by atoms with Gasteiger partial charge in [0.2, 0.25) is 0 Å². The van der Waals surface area contributed by atoms with Crippen LogP contribution in [0.3, 0.4) is 0 Å². The first kappa shape index (κ1) is 7.68. The lowest BCUT2D eigenvalue weighted by Crippen LogP contribution is -1.80. The molecule has 0 spiro atoms. The van der Waals surface area contributed by atoms with Crippen LogP contribution in [0.5, 0.6) is 0 Å². The molecule has 0 atom stereocenters. The van der Waals surface area contributed by atoms with Crippen LogP contribution in [0.15, 0.2) is 17.5 Å². The van der Waals surface area contributed by atoms with Gasteiger partial charge in [0, 0.05) is 15.5 Å². The highest BCUT2D eigenvalue weighted by molar-refractivity contribution is 7.17. The molecule has 2 rings (SSSR count). The number of halogens is 2. The zero-order chi connectivity index (χ0) is 8.72. The van der Waals surface area contributed by atoms with Crippen LogP contribution in [0.25, 0.3) is 10.1 Å². The van der Waals surface area contributed by atoms with Crippen molar-refractivity contribution in [1.82, 2.24) is 0 Å². The monoisotopic (exact) mass is 184 g/mol. The van der Waals surface area contributed by atoms with Gasteiger partial charge < -0.3 is 0 Å². The van der Waals surface area contributed by atoms with Gasteiger partial charge in [0.15, 0.2) is 0 Å². The molecule has 0 fully saturated rings. The standard InChI is InChI=1S/C9H6F2S/c1-5-2-9-6(3-7(5)10)8(11)4-12-9/h2-4H,1H3. The summed E-state index contributed by atoms with van der Waals surface area (Å²) in [6.07, 6.45) is 0. The van der Waals surface area contributed by atoms with E-state index in [1.165, 1.54) is 22.8 Å². The number of benzene rings is 1. The molecule has 0 saturated carbocycles. The topological polar surface area (TPSA) is 0 Å². The van der Waals surface area contributed by atoms with Crippen LogP contribution in [0.1, 0.15) is 5.56 Å². The van der Waals surface area contributed by atoms with E-state index < -0.39 is 0 Å². The zero-order valence-corrected chi connectivity index (χ0v) is 7.21. The number of rotatable bonds is 0. The van der Waals surface area contributed by atoms with Crippen LogP contribution in [0, 0.1) is 18.6 Å². The molecule has 0 radical (unpaired) electrons. The Morgan fingerprint density at radius 2 is 1.92 bits per heavy atom. The molecule has 0 aliphatic heterocycles. The maximum atomic E-state index is 12.9. The lowest BCUT2D eigenvalue weighted by atomic mass is 10.2. The molecule has 0 nitrogen and oxygen atoms in total. The van der Waals surface area contributed by atoms with Crippen molar-refractivity contribution in [1.29, 1.82) is 0 Å².